The average Bonchev–Trinajstić information content (AvgIpc) is 3.40. The van der Waals surface area contributed by atoms with Crippen LogP contribution in [0.3, 0.4) is 0 Å². The van der Waals surface area contributed by atoms with Crippen molar-refractivity contribution in [2.24, 2.45) is 0 Å². The van der Waals surface area contributed by atoms with Crippen LogP contribution in [0.5, 0.6) is 0 Å². The summed E-state index contributed by atoms with van der Waals surface area (Å²) in [4.78, 5) is 33.7. The summed E-state index contributed by atoms with van der Waals surface area (Å²) >= 11 is 1.75. The number of benzene rings is 2. The lowest BCUT2D eigenvalue weighted by Gasteiger charge is -2.41. The number of aryl methyl sites for hydroxylation is 1. The SMILES string of the molecule is CCc1ccc(C(=O)N2CCN(C(=O)CCN3CCc4sccc4C3c3cccc(F)c3)CC2C)cc1. The summed E-state index contributed by atoms with van der Waals surface area (Å²) in [7, 11) is 0. The van der Waals surface area contributed by atoms with Gasteiger partial charge in [0.15, 0.2) is 0 Å². The third kappa shape index (κ3) is 5.48. The second-order valence-electron chi connectivity index (χ2n) is 10.0. The number of carbonyl (C=O) groups excluding carboxylic acids is 2. The molecule has 2 aliphatic heterocycles. The molecular formula is C30H34FN3O2S. The Labute approximate surface area is 222 Å². The van der Waals surface area contributed by atoms with Crippen LogP contribution in [0.15, 0.2) is 60.0 Å². The first-order chi connectivity index (χ1) is 17.9. The number of hydrogen-bond acceptors (Lipinski definition) is 4. The number of carbonyl (C=O) groups is 2. The van der Waals surface area contributed by atoms with Gasteiger partial charge >= 0.3 is 0 Å². The van der Waals surface area contributed by atoms with Crippen LogP contribution in [-0.4, -0.2) is 65.3 Å². The topological polar surface area (TPSA) is 43.9 Å². The van der Waals surface area contributed by atoms with Crippen molar-refractivity contribution in [3.8, 4) is 0 Å². The lowest BCUT2D eigenvalue weighted by atomic mass is 9.93. The fourth-order valence-electron chi connectivity index (χ4n) is 5.61. The van der Waals surface area contributed by atoms with Gasteiger partial charge < -0.3 is 9.80 Å². The van der Waals surface area contributed by atoms with E-state index < -0.39 is 0 Å². The largest absolute Gasteiger partial charge is 0.339 e. The van der Waals surface area contributed by atoms with Crippen LogP contribution in [0.4, 0.5) is 4.39 Å². The molecule has 5 nitrogen and oxygen atoms in total. The molecule has 5 rings (SSSR count). The Morgan fingerprint density at radius 2 is 1.86 bits per heavy atom. The monoisotopic (exact) mass is 519 g/mol. The van der Waals surface area contributed by atoms with Gasteiger partial charge in [-0.2, -0.15) is 0 Å². The normalized spacial score (nSPS) is 20.1. The van der Waals surface area contributed by atoms with E-state index in [0.717, 1.165) is 24.9 Å². The van der Waals surface area contributed by atoms with Crippen LogP contribution in [-0.2, 0) is 17.6 Å². The van der Waals surface area contributed by atoms with E-state index in [1.165, 1.54) is 22.1 Å². The minimum atomic E-state index is -0.237. The van der Waals surface area contributed by atoms with E-state index in [0.29, 0.717) is 38.2 Å². The molecule has 1 saturated heterocycles. The molecule has 1 fully saturated rings. The van der Waals surface area contributed by atoms with Gasteiger partial charge in [0, 0.05) is 55.6 Å². The number of rotatable bonds is 6. The zero-order chi connectivity index (χ0) is 25.9. The molecule has 7 heteroatoms. The second kappa shape index (κ2) is 11.2. The second-order valence-corrected chi connectivity index (χ2v) is 11.0. The zero-order valence-electron chi connectivity index (χ0n) is 21.5. The van der Waals surface area contributed by atoms with Crippen molar-refractivity contribution in [2.45, 2.75) is 45.2 Å². The van der Waals surface area contributed by atoms with Crippen molar-refractivity contribution < 1.29 is 14.0 Å². The van der Waals surface area contributed by atoms with Gasteiger partial charge in [-0.1, -0.05) is 31.2 Å². The van der Waals surface area contributed by atoms with Gasteiger partial charge in [0.2, 0.25) is 5.91 Å². The number of fused-ring (bicyclic) bond motifs is 1. The van der Waals surface area contributed by atoms with Crippen molar-refractivity contribution in [3.05, 3.63) is 92.9 Å². The highest BCUT2D eigenvalue weighted by molar-refractivity contribution is 7.10. The van der Waals surface area contributed by atoms with Crippen molar-refractivity contribution in [2.75, 3.05) is 32.7 Å². The number of hydrogen-bond donors (Lipinski definition) is 0. The number of piperazine rings is 1. The van der Waals surface area contributed by atoms with E-state index in [1.54, 1.807) is 23.5 Å². The van der Waals surface area contributed by atoms with Crippen LogP contribution in [0.1, 0.15) is 58.2 Å². The average molecular weight is 520 g/mol. The third-order valence-electron chi connectivity index (χ3n) is 7.69. The summed E-state index contributed by atoms with van der Waals surface area (Å²) in [6, 6.07) is 16.7. The molecule has 0 spiro atoms. The van der Waals surface area contributed by atoms with Crippen molar-refractivity contribution >= 4 is 23.2 Å². The van der Waals surface area contributed by atoms with Gasteiger partial charge in [-0.15, -0.1) is 11.3 Å². The Kier molecular flexibility index (Phi) is 7.72. The molecule has 0 radical (unpaired) electrons. The van der Waals surface area contributed by atoms with E-state index in [-0.39, 0.29) is 29.7 Å². The molecule has 0 bridgehead atoms. The maximum atomic E-state index is 14.1. The predicted octanol–water partition coefficient (Wildman–Crippen LogP) is 5.16. The molecule has 37 heavy (non-hydrogen) atoms. The highest BCUT2D eigenvalue weighted by atomic mass is 32.1. The van der Waals surface area contributed by atoms with Crippen molar-refractivity contribution in [1.82, 2.24) is 14.7 Å². The minimum absolute atomic E-state index is 0.0278. The van der Waals surface area contributed by atoms with E-state index in [9.17, 15) is 14.0 Å². The van der Waals surface area contributed by atoms with Gasteiger partial charge in [-0.25, -0.2) is 4.39 Å². The number of thiophene rings is 1. The molecule has 0 saturated carbocycles. The maximum absolute atomic E-state index is 14.1. The Hall–Kier alpha value is -3.03. The first-order valence-electron chi connectivity index (χ1n) is 13.2. The number of halogens is 1. The Balaban J connectivity index is 1.21. The summed E-state index contributed by atoms with van der Waals surface area (Å²) < 4.78 is 14.1. The zero-order valence-corrected chi connectivity index (χ0v) is 22.3. The first-order valence-corrected chi connectivity index (χ1v) is 14.1. The van der Waals surface area contributed by atoms with E-state index in [1.807, 2.05) is 47.1 Å². The number of amides is 2. The maximum Gasteiger partial charge on any atom is 0.254 e. The quantitative estimate of drug-likeness (QED) is 0.452. The standard InChI is InChI=1S/C30H34FN3O2S/c1-3-22-7-9-23(10-8-22)30(36)34-17-16-33(20-21(34)2)28(35)12-15-32-14-11-27-26(13-18-37-27)29(32)24-5-4-6-25(31)19-24/h4-10,13,18-19,21,29H,3,11-12,14-17,20H2,1-2H3. The molecule has 3 aromatic rings. The predicted molar refractivity (Wildman–Crippen MR) is 145 cm³/mol. The molecule has 2 unspecified atom stereocenters. The van der Waals surface area contributed by atoms with Crippen molar-refractivity contribution in [3.63, 3.8) is 0 Å². The molecule has 2 aromatic carbocycles. The molecule has 1 aromatic heterocycles. The summed E-state index contributed by atoms with van der Waals surface area (Å²) in [6.45, 7) is 7.20. The molecule has 194 valence electrons. The molecule has 2 amide bonds. The third-order valence-corrected chi connectivity index (χ3v) is 8.69. The highest BCUT2D eigenvalue weighted by Gasteiger charge is 2.33. The Morgan fingerprint density at radius 1 is 1.05 bits per heavy atom. The van der Waals surface area contributed by atoms with Gasteiger partial charge in [0.05, 0.1) is 6.04 Å². The first kappa shape index (κ1) is 25.6. The molecular weight excluding hydrogens is 485 g/mol. The smallest absolute Gasteiger partial charge is 0.254 e. The van der Waals surface area contributed by atoms with Gasteiger partial charge in [0.25, 0.3) is 5.91 Å². The van der Waals surface area contributed by atoms with Crippen LogP contribution in [0.25, 0.3) is 0 Å². The lowest BCUT2D eigenvalue weighted by Crippen LogP contribution is -2.55. The van der Waals surface area contributed by atoms with E-state index >= 15 is 0 Å². The van der Waals surface area contributed by atoms with E-state index in [4.69, 9.17) is 0 Å². The summed E-state index contributed by atoms with van der Waals surface area (Å²) in [5.74, 6) is -0.0981. The Morgan fingerprint density at radius 3 is 2.59 bits per heavy atom. The van der Waals surface area contributed by atoms with Crippen molar-refractivity contribution in [1.29, 1.82) is 0 Å². The summed E-state index contributed by atoms with van der Waals surface area (Å²) in [5.41, 5.74) is 4.07. The molecule has 2 aliphatic rings. The molecule has 0 N–H and O–H groups in total. The Bertz CT molecular complexity index is 1260. The van der Waals surface area contributed by atoms with Gasteiger partial charge in [-0.3, -0.25) is 14.5 Å². The van der Waals surface area contributed by atoms with Crippen LogP contribution >= 0.6 is 11.3 Å². The van der Waals surface area contributed by atoms with Gasteiger partial charge in [-0.05, 0) is 72.2 Å². The summed E-state index contributed by atoms with van der Waals surface area (Å²) in [5, 5.41) is 2.10. The molecule has 0 aliphatic carbocycles. The minimum Gasteiger partial charge on any atom is -0.339 e. The van der Waals surface area contributed by atoms with E-state index in [2.05, 4.69) is 23.3 Å². The molecule has 3 heterocycles. The van der Waals surface area contributed by atoms with Crippen LogP contribution in [0.2, 0.25) is 0 Å². The molecule has 2 atom stereocenters. The fraction of sp³-hybridized carbons (Fsp3) is 0.400. The lowest BCUT2D eigenvalue weighted by molar-refractivity contribution is -0.134. The summed E-state index contributed by atoms with van der Waals surface area (Å²) in [6.07, 6.45) is 2.30. The highest BCUT2D eigenvalue weighted by Crippen LogP contribution is 2.38. The number of nitrogens with zero attached hydrogens (tertiary/aromatic N) is 3. The van der Waals surface area contributed by atoms with Crippen LogP contribution in [0, 0.1) is 5.82 Å². The fourth-order valence-corrected chi connectivity index (χ4v) is 6.51. The van der Waals surface area contributed by atoms with Gasteiger partial charge in [0.1, 0.15) is 5.82 Å². The van der Waals surface area contributed by atoms with Crippen LogP contribution < -0.4 is 0 Å².